The molecular weight excluding hydrogens is 330 g/mol. The molecule has 0 aliphatic rings. The van der Waals surface area contributed by atoms with E-state index in [-0.39, 0.29) is 5.97 Å². The van der Waals surface area contributed by atoms with Crippen LogP contribution in [0, 0.1) is 0 Å². The summed E-state index contributed by atoms with van der Waals surface area (Å²) in [5.41, 5.74) is 3.09. The van der Waals surface area contributed by atoms with Crippen LogP contribution < -0.4 is 5.32 Å². The third kappa shape index (κ3) is 4.99. The van der Waals surface area contributed by atoms with Gasteiger partial charge in [0.15, 0.2) is 0 Å². The highest BCUT2D eigenvalue weighted by molar-refractivity contribution is 9.10. The maximum atomic E-state index is 11.5. The molecule has 0 aromatic heterocycles. The normalized spacial score (nSPS) is 10.4. The first-order chi connectivity index (χ1) is 10.2. The summed E-state index contributed by atoms with van der Waals surface area (Å²) in [5, 5.41) is 2.24. The van der Waals surface area contributed by atoms with Crippen molar-refractivity contribution in [2.75, 3.05) is 6.61 Å². The number of quaternary nitrogens is 1. The molecule has 0 heterocycles. The lowest BCUT2D eigenvalue weighted by atomic mass is 10.1. The standard InChI is InChI=1S/C17H18BrNO2/c1-2-21-17(20)15-7-3-13(4-8-15)11-19-12-14-5-9-16(18)10-6-14/h3-10,19H,2,11-12H2,1H3/p+1. The number of esters is 1. The highest BCUT2D eigenvalue weighted by Crippen LogP contribution is 2.09. The summed E-state index contributed by atoms with van der Waals surface area (Å²) in [6, 6.07) is 15.9. The first-order valence-corrected chi connectivity index (χ1v) is 7.80. The van der Waals surface area contributed by atoms with Gasteiger partial charge in [0.2, 0.25) is 0 Å². The molecule has 0 radical (unpaired) electrons. The first kappa shape index (κ1) is 15.7. The monoisotopic (exact) mass is 348 g/mol. The second-order valence-corrected chi connectivity index (χ2v) is 5.66. The van der Waals surface area contributed by atoms with Gasteiger partial charge in [0.05, 0.1) is 12.2 Å². The van der Waals surface area contributed by atoms with Crippen molar-refractivity contribution < 1.29 is 14.8 Å². The van der Waals surface area contributed by atoms with E-state index >= 15 is 0 Å². The van der Waals surface area contributed by atoms with Crippen LogP contribution >= 0.6 is 15.9 Å². The number of carbonyl (C=O) groups is 1. The number of rotatable bonds is 6. The van der Waals surface area contributed by atoms with Gasteiger partial charge in [-0.15, -0.1) is 0 Å². The number of ether oxygens (including phenoxy) is 1. The highest BCUT2D eigenvalue weighted by Gasteiger charge is 2.06. The van der Waals surface area contributed by atoms with Gasteiger partial charge in [-0.2, -0.15) is 0 Å². The predicted octanol–water partition coefficient (Wildman–Crippen LogP) is 2.89. The van der Waals surface area contributed by atoms with E-state index in [0.717, 1.165) is 17.6 Å². The van der Waals surface area contributed by atoms with Crippen LogP contribution in [0.25, 0.3) is 0 Å². The number of nitrogens with two attached hydrogens (primary N) is 1. The fourth-order valence-electron chi connectivity index (χ4n) is 2.02. The Hall–Kier alpha value is -1.65. The summed E-state index contributed by atoms with van der Waals surface area (Å²) in [4.78, 5) is 11.5. The van der Waals surface area contributed by atoms with E-state index in [0.29, 0.717) is 12.2 Å². The topological polar surface area (TPSA) is 42.9 Å². The van der Waals surface area contributed by atoms with E-state index in [4.69, 9.17) is 4.74 Å². The van der Waals surface area contributed by atoms with Crippen LogP contribution in [-0.4, -0.2) is 12.6 Å². The minimum atomic E-state index is -0.261. The van der Waals surface area contributed by atoms with Crippen LogP contribution in [0.2, 0.25) is 0 Å². The summed E-state index contributed by atoms with van der Waals surface area (Å²) in [6.07, 6.45) is 0. The number of halogens is 1. The van der Waals surface area contributed by atoms with Gasteiger partial charge in [-0.05, 0) is 31.2 Å². The van der Waals surface area contributed by atoms with E-state index in [2.05, 4.69) is 45.5 Å². The third-order valence-electron chi connectivity index (χ3n) is 3.14. The van der Waals surface area contributed by atoms with Crippen LogP contribution in [0.4, 0.5) is 0 Å². The van der Waals surface area contributed by atoms with Gasteiger partial charge in [0.25, 0.3) is 0 Å². The van der Waals surface area contributed by atoms with E-state index in [1.54, 1.807) is 0 Å². The molecule has 0 amide bonds. The quantitative estimate of drug-likeness (QED) is 0.815. The molecule has 0 unspecified atom stereocenters. The molecule has 2 N–H and O–H groups in total. The Morgan fingerprint density at radius 2 is 1.52 bits per heavy atom. The van der Waals surface area contributed by atoms with Crippen molar-refractivity contribution in [3.05, 3.63) is 69.7 Å². The Morgan fingerprint density at radius 3 is 2.05 bits per heavy atom. The zero-order valence-corrected chi connectivity index (χ0v) is 13.6. The van der Waals surface area contributed by atoms with Crippen molar-refractivity contribution in [1.82, 2.24) is 0 Å². The molecule has 0 spiro atoms. The molecule has 2 rings (SSSR count). The largest absolute Gasteiger partial charge is 0.462 e. The molecule has 0 aliphatic carbocycles. The molecule has 0 aliphatic heterocycles. The van der Waals surface area contributed by atoms with Crippen molar-refractivity contribution in [3.8, 4) is 0 Å². The predicted molar refractivity (Wildman–Crippen MR) is 85.9 cm³/mol. The number of hydrogen-bond acceptors (Lipinski definition) is 2. The van der Waals surface area contributed by atoms with E-state index in [1.807, 2.05) is 31.2 Å². The average Bonchev–Trinajstić information content (AvgIpc) is 2.50. The number of hydrogen-bond donors (Lipinski definition) is 1. The second kappa shape index (κ2) is 7.96. The molecule has 0 bridgehead atoms. The molecule has 0 fully saturated rings. The van der Waals surface area contributed by atoms with E-state index < -0.39 is 0 Å². The summed E-state index contributed by atoms with van der Waals surface area (Å²) >= 11 is 3.43. The Morgan fingerprint density at radius 1 is 1.00 bits per heavy atom. The van der Waals surface area contributed by atoms with Gasteiger partial charge in [0, 0.05) is 15.6 Å². The van der Waals surface area contributed by atoms with Crippen molar-refractivity contribution in [2.45, 2.75) is 20.0 Å². The lowest BCUT2D eigenvalue weighted by molar-refractivity contribution is -0.686. The van der Waals surface area contributed by atoms with Gasteiger partial charge in [0.1, 0.15) is 13.1 Å². The molecule has 0 atom stereocenters. The minimum Gasteiger partial charge on any atom is -0.462 e. The summed E-state index contributed by atoms with van der Waals surface area (Å²) < 4.78 is 6.06. The van der Waals surface area contributed by atoms with Gasteiger partial charge in [-0.1, -0.05) is 40.2 Å². The molecule has 0 saturated carbocycles. The Balaban J connectivity index is 1.83. The van der Waals surface area contributed by atoms with Crippen LogP contribution in [0.5, 0.6) is 0 Å². The van der Waals surface area contributed by atoms with Crippen molar-refractivity contribution >= 4 is 21.9 Å². The van der Waals surface area contributed by atoms with Crippen molar-refractivity contribution in [3.63, 3.8) is 0 Å². The zero-order chi connectivity index (χ0) is 15.1. The van der Waals surface area contributed by atoms with Crippen LogP contribution in [0.15, 0.2) is 53.0 Å². The zero-order valence-electron chi connectivity index (χ0n) is 12.0. The molecule has 2 aromatic carbocycles. The number of benzene rings is 2. The molecular formula is C17H19BrNO2+. The maximum Gasteiger partial charge on any atom is 0.338 e. The van der Waals surface area contributed by atoms with Crippen molar-refractivity contribution in [2.24, 2.45) is 0 Å². The molecule has 4 heteroatoms. The van der Waals surface area contributed by atoms with E-state index in [1.165, 1.54) is 11.1 Å². The van der Waals surface area contributed by atoms with E-state index in [9.17, 15) is 4.79 Å². The van der Waals surface area contributed by atoms with Gasteiger partial charge < -0.3 is 10.1 Å². The van der Waals surface area contributed by atoms with Gasteiger partial charge in [-0.3, -0.25) is 0 Å². The summed E-state index contributed by atoms with van der Waals surface area (Å²) in [5.74, 6) is -0.261. The summed E-state index contributed by atoms with van der Waals surface area (Å²) in [6.45, 7) is 4.04. The average molecular weight is 349 g/mol. The Bertz CT molecular complexity index is 579. The molecule has 110 valence electrons. The van der Waals surface area contributed by atoms with Crippen LogP contribution in [0.3, 0.4) is 0 Å². The fourth-order valence-corrected chi connectivity index (χ4v) is 2.28. The van der Waals surface area contributed by atoms with Crippen LogP contribution in [-0.2, 0) is 17.8 Å². The smallest absolute Gasteiger partial charge is 0.338 e. The third-order valence-corrected chi connectivity index (χ3v) is 3.67. The highest BCUT2D eigenvalue weighted by atomic mass is 79.9. The summed E-state index contributed by atoms with van der Waals surface area (Å²) in [7, 11) is 0. The van der Waals surface area contributed by atoms with Crippen molar-refractivity contribution in [1.29, 1.82) is 0 Å². The minimum absolute atomic E-state index is 0.261. The first-order valence-electron chi connectivity index (χ1n) is 7.01. The van der Waals surface area contributed by atoms with Gasteiger partial charge >= 0.3 is 5.97 Å². The fraction of sp³-hybridized carbons (Fsp3) is 0.235. The molecule has 0 saturated heterocycles. The Kier molecular flexibility index (Phi) is 5.96. The lowest BCUT2D eigenvalue weighted by Gasteiger charge is -2.04. The van der Waals surface area contributed by atoms with Gasteiger partial charge in [-0.25, -0.2) is 4.79 Å². The second-order valence-electron chi connectivity index (χ2n) is 4.74. The Labute approximate surface area is 133 Å². The molecule has 3 nitrogen and oxygen atoms in total. The van der Waals surface area contributed by atoms with Crippen LogP contribution in [0.1, 0.15) is 28.4 Å². The molecule has 2 aromatic rings. The number of carbonyl (C=O) groups excluding carboxylic acids is 1. The SMILES string of the molecule is CCOC(=O)c1ccc(C[NH2+]Cc2ccc(Br)cc2)cc1. The maximum absolute atomic E-state index is 11.5. The molecule has 21 heavy (non-hydrogen) atoms. The lowest BCUT2D eigenvalue weighted by Crippen LogP contribution is -2.80.